The molecule has 0 heterocycles. The molecule has 0 bridgehead atoms. The van der Waals surface area contributed by atoms with Crippen molar-refractivity contribution in [1.82, 2.24) is 0 Å². The highest BCUT2D eigenvalue weighted by molar-refractivity contribution is 5.86. The van der Waals surface area contributed by atoms with Gasteiger partial charge in [-0.3, -0.25) is 0 Å². The Morgan fingerprint density at radius 3 is 1.85 bits per heavy atom. The van der Waals surface area contributed by atoms with Crippen molar-refractivity contribution in [2.45, 2.75) is 25.2 Å². The average molecular weight is 350 g/mol. The lowest BCUT2D eigenvalue weighted by molar-refractivity contribution is 0.383. The third-order valence-electron chi connectivity index (χ3n) is 6.05. The van der Waals surface area contributed by atoms with Crippen LogP contribution in [-0.2, 0) is 5.41 Å². The highest BCUT2D eigenvalue weighted by Crippen LogP contribution is 2.57. The quantitative estimate of drug-likeness (QED) is 0.561. The predicted molar refractivity (Wildman–Crippen MR) is 111 cm³/mol. The van der Waals surface area contributed by atoms with E-state index in [1.165, 1.54) is 39.0 Å². The second-order valence-corrected chi connectivity index (χ2v) is 7.56. The Bertz CT molecular complexity index is 1040. The van der Waals surface area contributed by atoms with Gasteiger partial charge in [0.2, 0.25) is 0 Å². The summed E-state index contributed by atoms with van der Waals surface area (Å²) in [5, 5.41) is 9.97. The molecule has 0 atom stereocenters. The van der Waals surface area contributed by atoms with Crippen LogP contribution < -0.4 is 0 Å². The van der Waals surface area contributed by atoms with Gasteiger partial charge in [-0.05, 0) is 47.2 Å². The number of hydrogen-bond acceptors (Lipinski definition) is 1. The number of fused-ring (bicyclic) bond motifs is 3. The van der Waals surface area contributed by atoms with Gasteiger partial charge in [0.15, 0.2) is 0 Å². The van der Waals surface area contributed by atoms with Gasteiger partial charge in [-0.15, -0.1) is 0 Å². The normalized spacial score (nSPS) is 16.9. The van der Waals surface area contributed by atoms with Crippen LogP contribution >= 0.6 is 0 Å². The Morgan fingerprint density at radius 1 is 0.704 bits per heavy atom. The summed E-state index contributed by atoms with van der Waals surface area (Å²) in [5.74, 6) is 0.470. The number of aryl methyl sites for hydroxylation is 1. The molecule has 2 aliphatic rings. The largest absolute Gasteiger partial charge is 0.512 e. The van der Waals surface area contributed by atoms with Crippen molar-refractivity contribution in [2.75, 3.05) is 0 Å². The summed E-state index contributed by atoms with van der Waals surface area (Å²) in [7, 11) is 0. The fraction of sp³-hybridized carbons (Fsp3) is 0.154. The van der Waals surface area contributed by atoms with Gasteiger partial charge >= 0.3 is 0 Å². The van der Waals surface area contributed by atoms with Crippen molar-refractivity contribution in [2.24, 2.45) is 0 Å². The van der Waals surface area contributed by atoms with Crippen LogP contribution in [0.5, 0.6) is 0 Å². The molecule has 0 amide bonds. The number of allylic oxidation sites excluding steroid dienone is 4. The Balaban J connectivity index is 1.91. The van der Waals surface area contributed by atoms with E-state index < -0.39 is 0 Å². The monoisotopic (exact) mass is 350 g/mol. The van der Waals surface area contributed by atoms with Crippen LogP contribution in [0.25, 0.3) is 11.1 Å². The smallest absolute Gasteiger partial charge is 0.0925 e. The number of benzene rings is 3. The molecule has 3 aromatic rings. The molecule has 1 nitrogen and oxygen atoms in total. The molecule has 27 heavy (non-hydrogen) atoms. The lowest BCUT2D eigenvalue weighted by Crippen LogP contribution is -2.30. The number of rotatable bonds is 2. The summed E-state index contributed by atoms with van der Waals surface area (Å²) in [6, 6.07) is 26.5. The van der Waals surface area contributed by atoms with E-state index in [4.69, 9.17) is 0 Å². The SMILES string of the molecule is Cc1ccc(C2(C3=CC=C(O)CC3)c3ccccc3-c3ccccc32)cc1. The van der Waals surface area contributed by atoms with Gasteiger partial charge in [0.05, 0.1) is 11.2 Å². The van der Waals surface area contributed by atoms with Crippen LogP contribution in [0.2, 0.25) is 0 Å². The van der Waals surface area contributed by atoms with Gasteiger partial charge in [-0.25, -0.2) is 0 Å². The third kappa shape index (κ3) is 2.24. The minimum Gasteiger partial charge on any atom is -0.512 e. The maximum Gasteiger partial charge on any atom is 0.0925 e. The highest BCUT2D eigenvalue weighted by Gasteiger charge is 2.46. The second kappa shape index (κ2) is 5.99. The van der Waals surface area contributed by atoms with E-state index in [1.54, 1.807) is 0 Å². The zero-order chi connectivity index (χ0) is 18.4. The third-order valence-corrected chi connectivity index (χ3v) is 6.05. The summed E-state index contributed by atoms with van der Waals surface area (Å²) < 4.78 is 0. The molecule has 0 radical (unpaired) electrons. The minimum atomic E-state index is -0.294. The molecule has 1 heteroatoms. The molecule has 2 aliphatic carbocycles. The van der Waals surface area contributed by atoms with E-state index in [0.717, 1.165) is 6.42 Å². The maximum atomic E-state index is 9.97. The summed E-state index contributed by atoms with van der Waals surface area (Å²) in [4.78, 5) is 0. The molecule has 0 aliphatic heterocycles. The predicted octanol–water partition coefficient (Wildman–Crippen LogP) is 6.47. The molecular weight excluding hydrogens is 328 g/mol. The molecule has 1 N–H and O–H groups in total. The van der Waals surface area contributed by atoms with Gasteiger partial charge < -0.3 is 5.11 Å². The van der Waals surface area contributed by atoms with Crippen LogP contribution in [-0.4, -0.2) is 5.11 Å². The topological polar surface area (TPSA) is 20.2 Å². The van der Waals surface area contributed by atoms with Crippen molar-refractivity contribution < 1.29 is 5.11 Å². The molecule has 132 valence electrons. The van der Waals surface area contributed by atoms with Crippen LogP contribution in [0.3, 0.4) is 0 Å². The van der Waals surface area contributed by atoms with Crippen LogP contribution in [0, 0.1) is 6.92 Å². The summed E-state index contributed by atoms with van der Waals surface area (Å²) in [6.07, 6.45) is 5.57. The second-order valence-electron chi connectivity index (χ2n) is 7.56. The van der Waals surface area contributed by atoms with Crippen molar-refractivity contribution in [1.29, 1.82) is 0 Å². The first-order chi connectivity index (χ1) is 13.2. The first-order valence-electron chi connectivity index (χ1n) is 9.57. The Labute approximate surface area is 160 Å². The minimum absolute atomic E-state index is 0.294. The van der Waals surface area contributed by atoms with Gasteiger partial charge in [0.1, 0.15) is 0 Å². The van der Waals surface area contributed by atoms with Crippen molar-refractivity contribution in [3.63, 3.8) is 0 Å². The average Bonchev–Trinajstić information content (AvgIpc) is 3.01. The Hall–Kier alpha value is -3.06. The van der Waals surface area contributed by atoms with Crippen molar-refractivity contribution in [3.05, 3.63) is 119 Å². The Morgan fingerprint density at radius 2 is 1.30 bits per heavy atom. The first-order valence-corrected chi connectivity index (χ1v) is 9.57. The van der Waals surface area contributed by atoms with Gasteiger partial charge in [0, 0.05) is 6.42 Å². The van der Waals surface area contributed by atoms with Gasteiger partial charge in [-0.2, -0.15) is 0 Å². The first kappa shape index (κ1) is 16.1. The van der Waals surface area contributed by atoms with E-state index in [9.17, 15) is 5.11 Å². The molecular formula is C26H22O. The maximum absolute atomic E-state index is 9.97. The zero-order valence-corrected chi connectivity index (χ0v) is 15.4. The standard InChI is InChI=1S/C26H22O/c1-18-10-12-19(13-11-18)26(20-14-16-21(27)17-15-20)24-8-4-2-6-22(24)23-7-3-5-9-25(23)26/h2-14,16,27H,15,17H2,1H3. The van der Waals surface area contributed by atoms with Crippen molar-refractivity contribution in [3.8, 4) is 11.1 Å². The van der Waals surface area contributed by atoms with E-state index in [0.29, 0.717) is 12.2 Å². The van der Waals surface area contributed by atoms with Crippen LogP contribution in [0.15, 0.2) is 96.3 Å². The lowest BCUT2D eigenvalue weighted by atomic mass is 9.65. The molecule has 0 fully saturated rings. The Kier molecular flexibility index (Phi) is 3.58. The van der Waals surface area contributed by atoms with E-state index in [-0.39, 0.29) is 5.41 Å². The highest BCUT2D eigenvalue weighted by atomic mass is 16.3. The number of aliphatic hydroxyl groups excluding tert-OH is 1. The lowest BCUT2D eigenvalue weighted by Gasteiger charge is -2.37. The summed E-state index contributed by atoms with van der Waals surface area (Å²) in [5.41, 5.74) is 8.93. The van der Waals surface area contributed by atoms with E-state index >= 15 is 0 Å². The van der Waals surface area contributed by atoms with Crippen LogP contribution in [0.4, 0.5) is 0 Å². The fourth-order valence-electron chi connectivity index (χ4n) is 4.82. The van der Waals surface area contributed by atoms with Gasteiger partial charge in [0.25, 0.3) is 0 Å². The van der Waals surface area contributed by atoms with E-state index in [2.05, 4.69) is 85.8 Å². The zero-order valence-electron chi connectivity index (χ0n) is 15.4. The van der Waals surface area contributed by atoms with E-state index in [1.807, 2.05) is 6.08 Å². The number of hydrogen-bond donors (Lipinski definition) is 1. The molecule has 0 saturated heterocycles. The number of aliphatic hydroxyl groups is 1. The van der Waals surface area contributed by atoms with Crippen molar-refractivity contribution >= 4 is 0 Å². The molecule has 3 aromatic carbocycles. The van der Waals surface area contributed by atoms with Gasteiger partial charge in [-0.1, -0.05) is 90.0 Å². The molecule has 0 saturated carbocycles. The van der Waals surface area contributed by atoms with Crippen LogP contribution in [0.1, 0.15) is 35.1 Å². The summed E-state index contributed by atoms with van der Waals surface area (Å²) in [6.45, 7) is 2.13. The molecule has 0 spiro atoms. The fourth-order valence-corrected chi connectivity index (χ4v) is 4.82. The molecule has 5 rings (SSSR count). The molecule has 0 unspecified atom stereocenters. The summed E-state index contributed by atoms with van der Waals surface area (Å²) >= 11 is 0. The molecule has 0 aromatic heterocycles.